The van der Waals surface area contributed by atoms with Crippen molar-refractivity contribution < 1.29 is 0 Å². The van der Waals surface area contributed by atoms with E-state index in [1.165, 1.54) is 21.3 Å². The number of hydrogen-bond acceptors (Lipinski definition) is 5. The van der Waals surface area contributed by atoms with Gasteiger partial charge in [0.05, 0.1) is 15.4 Å². The summed E-state index contributed by atoms with van der Waals surface area (Å²) >= 11 is 9.00. The van der Waals surface area contributed by atoms with Gasteiger partial charge in [0.1, 0.15) is 0 Å². The van der Waals surface area contributed by atoms with Crippen LogP contribution in [-0.4, -0.2) is 16.1 Å². The fourth-order valence-corrected chi connectivity index (χ4v) is 3.22. The molecule has 0 saturated heterocycles. The molecule has 16 heavy (non-hydrogen) atoms. The molecule has 0 bridgehead atoms. The smallest absolute Gasteiger partial charge is 0.0931 e. The normalized spacial score (nSPS) is 12.9. The summed E-state index contributed by atoms with van der Waals surface area (Å²) in [5.74, 6) is 0. The molecule has 2 aromatic rings. The van der Waals surface area contributed by atoms with Gasteiger partial charge < -0.3 is 5.32 Å². The van der Waals surface area contributed by atoms with E-state index < -0.39 is 0 Å². The van der Waals surface area contributed by atoms with Gasteiger partial charge in [-0.25, -0.2) is 0 Å². The minimum absolute atomic E-state index is 0.291. The Morgan fingerprint density at radius 3 is 2.94 bits per heavy atom. The second kappa shape index (κ2) is 5.72. The number of rotatable bonds is 5. The van der Waals surface area contributed by atoms with Gasteiger partial charge in [-0.2, -0.15) is 0 Å². The van der Waals surface area contributed by atoms with E-state index in [1.54, 1.807) is 11.3 Å². The van der Waals surface area contributed by atoms with Gasteiger partial charge in [0, 0.05) is 17.3 Å². The van der Waals surface area contributed by atoms with E-state index in [1.807, 2.05) is 12.3 Å². The molecular formula is C10H12ClN3S2. The highest BCUT2D eigenvalue weighted by molar-refractivity contribution is 7.16. The monoisotopic (exact) mass is 273 g/mol. The second-order valence-electron chi connectivity index (χ2n) is 3.34. The highest BCUT2D eigenvalue weighted by Crippen LogP contribution is 2.27. The Morgan fingerprint density at radius 2 is 2.38 bits per heavy atom. The predicted octanol–water partition coefficient (Wildman–Crippen LogP) is 3.15. The zero-order chi connectivity index (χ0) is 11.4. The average molecular weight is 274 g/mol. The summed E-state index contributed by atoms with van der Waals surface area (Å²) in [5.41, 5.74) is 0. The summed E-state index contributed by atoms with van der Waals surface area (Å²) in [7, 11) is 0. The van der Waals surface area contributed by atoms with E-state index in [4.69, 9.17) is 11.6 Å². The van der Waals surface area contributed by atoms with Crippen molar-refractivity contribution in [2.45, 2.75) is 19.4 Å². The first kappa shape index (κ1) is 12.0. The first-order valence-corrected chi connectivity index (χ1v) is 7.01. The minimum Gasteiger partial charge on any atom is -0.309 e. The number of likely N-dealkylation sites (N-methyl/N-ethyl adjacent to an activating group) is 1. The zero-order valence-electron chi connectivity index (χ0n) is 8.81. The SMILES string of the molecule is CCNC(Cc1ccc(Cl)s1)c1cnns1. The molecule has 1 atom stereocenters. The van der Waals surface area contributed by atoms with Crippen molar-refractivity contribution >= 4 is 34.5 Å². The van der Waals surface area contributed by atoms with Gasteiger partial charge in [-0.15, -0.1) is 16.4 Å². The van der Waals surface area contributed by atoms with Crippen LogP contribution < -0.4 is 5.32 Å². The summed E-state index contributed by atoms with van der Waals surface area (Å²) in [5, 5.41) is 7.31. The number of halogens is 1. The van der Waals surface area contributed by atoms with Gasteiger partial charge in [-0.1, -0.05) is 23.0 Å². The van der Waals surface area contributed by atoms with E-state index in [2.05, 4.69) is 27.9 Å². The lowest BCUT2D eigenvalue weighted by Crippen LogP contribution is -2.21. The highest BCUT2D eigenvalue weighted by Gasteiger charge is 2.14. The summed E-state index contributed by atoms with van der Waals surface area (Å²) in [6, 6.07) is 4.31. The summed E-state index contributed by atoms with van der Waals surface area (Å²) in [4.78, 5) is 2.45. The minimum atomic E-state index is 0.291. The van der Waals surface area contributed by atoms with Crippen molar-refractivity contribution in [2.24, 2.45) is 0 Å². The number of thiophene rings is 1. The van der Waals surface area contributed by atoms with Crippen LogP contribution in [0.4, 0.5) is 0 Å². The van der Waals surface area contributed by atoms with Crippen molar-refractivity contribution in [3.8, 4) is 0 Å². The van der Waals surface area contributed by atoms with E-state index in [0.717, 1.165) is 17.3 Å². The number of hydrogen-bond donors (Lipinski definition) is 1. The van der Waals surface area contributed by atoms with Gasteiger partial charge in [0.15, 0.2) is 0 Å². The molecule has 0 aromatic carbocycles. The molecule has 2 heterocycles. The van der Waals surface area contributed by atoms with E-state index in [-0.39, 0.29) is 0 Å². The molecule has 0 spiro atoms. The molecule has 1 unspecified atom stereocenters. The fraction of sp³-hybridized carbons (Fsp3) is 0.400. The van der Waals surface area contributed by atoms with Gasteiger partial charge >= 0.3 is 0 Å². The van der Waals surface area contributed by atoms with Crippen molar-refractivity contribution in [1.82, 2.24) is 14.9 Å². The molecule has 0 aliphatic heterocycles. The zero-order valence-corrected chi connectivity index (χ0v) is 11.2. The number of nitrogens with zero attached hydrogens (tertiary/aromatic N) is 2. The molecule has 6 heteroatoms. The maximum absolute atomic E-state index is 5.92. The van der Waals surface area contributed by atoms with Crippen molar-refractivity contribution in [3.63, 3.8) is 0 Å². The van der Waals surface area contributed by atoms with Gasteiger partial charge in [0.2, 0.25) is 0 Å². The molecule has 1 N–H and O–H groups in total. The molecule has 0 radical (unpaired) electrons. The van der Waals surface area contributed by atoms with Crippen LogP contribution in [-0.2, 0) is 6.42 Å². The van der Waals surface area contributed by atoms with Crippen LogP contribution in [0.5, 0.6) is 0 Å². The standard InChI is InChI=1S/C10H12ClN3S2/c1-2-12-8(9-6-13-14-16-9)5-7-3-4-10(11)15-7/h3-4,6,8,12H,2,5H2,1H3. The molecule has 2 aromatic heterocycles. The Kier molecular flexibility index (Phi) is 4.29. The summed E-state index contributed by atoms with van der Waals surface area (Å²) in [6.45, 7) is 3.03. The molecule has 86 valence electrons. The topological polar surface area (TPSA) is 37.8 Å². The van der Waals surface area contributed by atoms with Crippen molar-refractivity contribution in [2.75, 3.05) is 6.54 Å². The molecule has 0 amide bonds. The van der Waals surface area contributed by atoms with Crippen molar-refractivity contribution in [3.05, 3.63) is 32.4 Å². The van der Waals surface area contributed by atoms with E-state index >= 15 is 0 Å². The molecular weight excluding hydrogens is 262 g/mol. The molecule has 0 fully saturated rings. The van der Waals surface area contributed by atoms with E-state index in [0.29, 0.717) is 6.04 Å². The Hall–Kier alpha value is -0.490. The predicted molar refractivity (Wildman–Crippen MR) is 69.4 cm³/mol. The Balaban J connectivity index is 2.09. The van der Waals surface area contributed by atoms with Crippen LogP contribution in [0.25, 0.3) is 0 Å². The Bertz CT molecular complexity index is 427. The molecule has 3 nitrogen and oxygen atoms in total. The Morgan fingerprint density at radius 1 is 1.50 bits per heavy atom. The lowest BCUT2D eigenvalue weighted by atomic mass is 10.1. The highest BCUT2D eigenvalue weighted by atomic mass is 35.5. The quantitative estimate of drug-likeness (QED) is 0.909. The lowest BCUT2D eigenvalue weighted by Gasteiger charge is -2.13. The maximum atomic E-state index is 5.92. The first-order valence-electron chi connectivity index (χ1n) is 5.04. The van der Waals surface area contributed by atoms with Gasteiger partial charge in [0.25, 0.3) is 0 Å². The number of nitrogens with one attached hydrogen (secondary N) is 1. The van der Waals surface area contributed by atoms with Crippen LogP contribution in [0.2, 0.25) is 4.34 Å². The maximum Gasteiger partial charge on any atom is 0.0931 e. The first-order chi connectivity index (χ1) is 7.79. The molecule has 0 saturated carbocycles. The summed E-state index contributed by atoms with van der Waals surface area (Å²) < 4.78 is 4.74. The third kappa shape index (κ3) is 3.01. The molecule has 2 rings (SSSR count). The van der Waals surface area contributed by atoms with Crippen LogP contribution in [0.1, 0.15) is 22.7 Å². The summed E-state index contributed by atoms with van der Waals surface area (Å²) in [6.07, 6.45) is 2.77. The van der Waals surface area contributed by atoms with E-state index in [9.17, 15) is 0 Å². The van der Waals surface area contributed by atoms with Crippen LogP contribution >= 0.6 is 34.5 Å². The lowest BCUT2D eigenvalue weighted by molar-refractivity contribution is 0.561. The third-order valence-corrected chi connectivity index (χ3v) is 4.24. The fourth-order valence-electron chi connectivity index (χ4n) is 1.51. The second-order valence-corrected chi connectivity index (χ2v) is 5.96. The Labute approximate surface area is 108 Å². The molecule has 0 aliphatic carbocycles. The van der Waals surface area contributed by atoms with Crippen LogP contribution in [0.15, 0.2) is 18.3 Å². The van der Waals surface area contributed by atoms with Crippen LogP contribution in [0, 0.1) is 0 Å². The largest absolute Gasteiger partial charge is 0.309 e. The van der Waals surface area contributed by atoms with Crippen molar-refractivity contribution in [1.29, 1.82) is 0 Å². The third-order valence-electron chi connectivity index (χ3n) is 2.21. The molecule has 0 aliphatic rings. The van der Waals surface area contributed by atoms with Crippen LogP contribution in [0.3, 0.4) is 0 Å². The van der Waals surface area contributed by atoms with Gasteiger partial charge in [-0.3, -0.25) is 0 Å². The average Bonchev–Trinajstić information content (AvgIpc) is 2.88. The van der Waals surface area contributed by atoms with Gasteiger partial charge in [-0.05, 0) is 30.2 Å². The number of aromatic nitrogens is 2.